The van der Waals surface area contributed by atoms with Gasteiger partial charge in [0.2, 0.25) is 0 Å². The second-order valence-electron chi connectivity index (χ2n) is 6.74. The molecular formula is C23H15ClF5N3O. The third kappa shape index (κ3) is 6.39. The fraction of sp³-hybridized carbons (Fsp3) is 0.0435. The Morgan fingerprint density at radius 2 is 1.52 bits per heavy atom. The number of halogens is 6. The fourth-order valence-corrected chi connectivity index (χ4v) is 2.88. The summed E-state index contributed by atoms with van der Waals surface area (Å²) in [6, 6.07) is 14.2. The van der Waals surface area contributed by atoms with Gasteiger partial charge >= 0.3 is 6.18 Å². The van der Waals surface area contributed by atoms with Crippen LogP contribution in [-0.2, 0) is 0 Å². The minimum Gasteiger partial charge on any atom is -0.395 e. The van der Waals surface area contributed by atoms with Gasteiger partial charge in [-0.15, -0.1) is 0 Å². The number of para-hydroxylation sites is 1. The molecule has 33 heavy (non-hydrogen) atoms. The molecule has 1 amide bonds. The molecule has 0 atom stereocenters. The van der Waals surface area contributed by atoms with Crippen molar-refractivity contribution < 1.29 is 26.7 Å². The molecule has 3 aromatic carbocycles. The second-order valence-corrected chi connectivity index (χ2v) is 7.14. The van der Waals surface area contributed by atoms with Crippen LogP contribution in [0.1, 0.15) is 15.9 Å². The summed E-state index contributed by atoms with van der Waals surface area (Å²) >= 11 is 6.06. The van der Waals surface area contributed by atoms with Gasteiger partial charge in [-0.2, -0.15) is 13.2 Å². The minimum atomic E-state index is -4.78. The van der Waals surface area contributed by atoms with Crippen LogP contribution in [0.4, 0.5) is 33.3 Å². The number of rotatable bonds is 5. The van der Waals surface area contributed by atoms with Gasteiger partial charge < -0.3 is 11.1 Å². The van der Waals surface area contributed by atoms with Crippen LogP contribution in [0.2, 0.25) is 5.02 Å². The lowest BCUT2D eigenvalue weighted by atomic mass is 10.1. The highest BCUT2D eigenvalue weighted by Gasteiger charge is 2.31. The number of benzene rings is 3. The fourth-order valence-electron chi connectivity index (χ4n) is 2.70. The molecule has 0 fully saturated rings. The molecule has 3 rings (SSSR count). The molecule has 3 N–H and O–H groups in total. The Morgan fingerprint density at radius 1 is 0.939 bits per heavy atom. The summed E-state index contributed by atoms with van der Waals surface area (Å²) in [5, 5.41) is 2.56. The topological polar surface area (TPSA) is 67.5 Å². The molecule has 0 aromatic heterocycles. The first kappa shape index (κ1) is 23.9. The molecule has 3 aromatic rings. The van der Waals surface area contributed by atoms with E-state index in [9.17, 15) is 26.7 Å². The zero-order valence-electron chi connectivity index (χ0n) is 16.6. The zero-order valence-corrected chi connectivity index (χ0v) is 17.4. The van der Waals surface area contributed by atoms with Gasteiger partial charge in [0.05, 0.1) is 16.4 Å². The van der Waals surface area contributed by atoms with Gasteiger partial charge in [0.1, 0.15) is 17.3 Å². The number of nitrogens with two attached hydrogens (primary N) is 1. The molecule has 170 valence electrons. The van der Waals surface area contributed by atoms with Gasteiger partial charge in [-0.3, -0.25) is 4.79 Å². The van der Waals surface area contributed by atoms with Crippen molar-refractivity contribution in [2.75, 3.05) is 5.32 Å². The van der Waals surface area contributed by atoms with E-state index in [1.807, 2.05) is 0 Å². The van der Waals surface area contributed by atoms with Gasteiger partial charge in [-0.25, -0.2) is 13.8 Å². The van der Waals surface area contributed by atoms with Crippen LogP contribution in [0.15, 0.2) is 83.5 Å². The standard InChI is InChI=1S/C23H15ClF5N3O/c24-18-3-1-2-4-19(18)32-20(12-21(30)23(27,28)29)13-5-7-14(8-6-13)22(33)31-17-10-15(25)9-16(26)11-17/h1-12H,30H2,(H,31,33)/b21-12-,32-20?. The molecular weight excluding hydrogens is 465 g/mol. The molecule has 0 aliphatic carbocycles. The van der Waals surface area contributed by atoms with E-state index < -0.39 is 29.4 Å². The number of hydrogen-bond donors (Lipinski definition) is 2. The summed E-state index contributed by atoms with van der Waals surface area (Å²) in [4.78, 5) is 16.6. The number of alkyl halides is 3. The molecule has 4 nitrogen and oxygen atoms in total. The quantitative estimate of drug-likeness (QED) is 0.328. The van der Waals surface area contributed by atoms with Crippen LogP contribution in [-0.4, -0.2) is 17.8 Å². The number of nitrogens with one attached hydrogen (secondary N) is 1. The Bertz CT molecular complexity index is 1220. The minimum absolute atomic E-state index is 0.0910. The molecule has 0 aliphatic heterocycles. The van der Waals surface area contributed by atoms with E-state index in [4.69, 9.17) is 17.3 Å². The van der Waals surface area contributed by atoms with Crippen molar-refractivity contribution >= 4 is 34.6 Å². The number of anilines is 1. The molecule has 0 unspecified atom stereocenters. The van der Waals surface area contributed by atoms with Gasteiger partial charge in [-0.1, -0.05) is 35.9 Å². The van der Waals surface area contributed by atoms with Crippen molar-refractivity contribution in [3.8, 4) is 0 Å². The highest BCUT2D eigenvalue weighted by atomic mass is 35.5. The number of nitrogens with zero attached hydrogens (tertiary/aromatic N) is 1. The third-order valence-corrected chi connectivity index (χ3v) is 4.60. The summed E-state index contributed by atoms with van der Waals surface area (Å²) in [6.45, 7) is 0. The first-order chi connectivity index (χ1) is 15.5. The number of aliphatic imine (C=N–C) groups is 1. The summed E-state index contributed by atoms with van der Waals surface area (Å²) in [5.74, 6) is -2.41. The summed E-state index contributed by atoms with van der Waals surface area (Å²) < 4.78 is 65.6. The van der Waals surface area contributed by atoms with Crippen molar-refractivity contribution in [1.29, 1.82) is 0 Å². The normalized spacial score (nSPS) is 12.5. The first-order valence-electron chi connectivity index (χ1n) is 9.28. The highest BCUT2D eigenvalue weighted by molar-refractivity contribution is 6.33. The molecule has 0 saturated heterocycles. The van der Waals surface area contributed by atoms with Crippen LogP contribution in [0.25, 0.3) is 0 Å². The molecule has 0 saturated carbocycles. The predicted octanol–water partition coefficient (Wildman–Crippen LogP) is 6.40. The molecule has 0 aliphatic rings. The monoisotopic (exact) mass is 479 g/mol. The predicted molar refractivity (Wildman–Crippen MR) is 117 cm³/mol. The van der Waals surface area contributed by atoms with Crippen molar-refractivity contribution in [1.82, 2.24) is 0 Å². The van der Waals surface area contributed by atoms with Crippen molar-refractivity contribution in [3.63, 3.8) is 0 Å². The Labute approximate surface area is 190 Å². The highest BCUT2D eigenvalue weighted by Crippen LogP contribution is 2.27. The average Bonchev–Trinajstić information content (AvgIpc) is 2.73. The van der Waals surface area contributed by atoms with E-state index in [0.29, 0.717) is 12.1 Å². The molecule has 0 bridgehead atoms. The number of hydrogen-bond acceptors (Lipinski definition) is 3. The number of carbonyl (C=O) groups is 1. The smallest absolute Gasteiger partial charge is 0.395 e. The first-order valence-corrected chi connectivity index (χ1v) is 9.66. The van der Waals surface area contributed by atoms with Gasteiger partial charge in [0, 0.05) is 22.9 Å². The number of carbonyl (C=O) groups excluding carboxylic acids is 1. The lowest BCUT2D eigenvalue weighted by Crippen LogP contribution is -2.21. The number of allylic oxidation sites excluding steroid dienone is 2. The van der Waals surface area contributed by atoms with E-state index in [2.05, 4.69) is 10.3 Å². The summed E-state index contributed by atoms with van der Waals surface area (Å²) in [6.07, 6.45) is -4.12. The van der Waals surface area contributed by atoms with Crippen molar-refractivity contribution in [3.05, 3.63) is 106 Å². The van der Waals surface area contributed by atoms with Gasteiger partial charge in [0.25, 0.3) is 5.91 Å². The summed E-state index contributed by atoms with van der Waals surface area (Å²) in [5.41, 5.74) is 4.09. The van der Waals surface area contributed by atoms with Crippen LogP contribution in [0.3, 0.4) is 0 Å². The van der Waals surface area contributed by atoms with E-state index in [1.54, 1.807) is 12.1 Å². The van der Waals surface area contributed by atoms with Crippen molar-refractivity contribution in [2.24, 2.45) is 10.7 Å². The molecule has 10 heteroatoms. The Morgan fingerprint density at radius 3 is 2.09 bits per heavy atom. The average molecular weight is 480 g/mol. The van der Waals surface area contributed by atoms with E-state index >= 15 is 0 Å². The lowest BCUT2D eigenvalue weighted by molar-refractivity contribution is -0.0925. The molecule has 0 heterocycles. The number of amides is 1. The van der Waals surface area contributed by atoms with Crippen LogP contribution >= 0.6 is 11.6 Å². The maximum Gasteiger partial charge on any atom is 0.430 e. The van der Waals surface area contributed by atoms with E-state index in [1.165, 1.54) is 36.4 Å². The van der Waals surface area contributed by atoms with Crippen molar-refractivity contribution in [2.45, 2.75) is 6.18 Å². The summed E-state index contributed by atoms with van der Waals surface area (Å²) in [7, 11) is 0. The van der Waals surface area contributed by atoms with E-state index in [-0.39, 0.29) is 33.2 Å². The van der Waals surface area contributed by atoms with Gasteiger partial charge in [-0.05, 0) is 42.5 Å². The second kappa shape index (κ2) is 9.83. The largest absolute Gasteiger partial charge is 0.430 e. The lowest BCUT2D eigenvalue weighted by Gasteiger charge is -2.10. The van der Waals surface area contributed by atoms with Gasteiger partial charge in [0.15, 0.2) is 0 Å². The van der Waals surface area contributed by atoms with E-state index in [0.717, 1.165) is 12.1 Å². The Balaban J connectivity index is 1.93. The molecule has 0 radical (unpaired) electrons. The zero-order chi connectivity index (χ0) is 24.2. The Kier molecular flexibility index (Phi) is 7.13. The van der Waals surface area contributed by atoms with Crippen LogP contribution < -0.4 is 11.1 Å². The maximum absolute atomic E-state index is 13.3. The van der Waals surface area contributed by atoms with Crippen LogP contribution in [0.5, 0.6) is 0 Å². The Hall–Kier alpha value is -3.72. The maximum atomic E-state index is 13.3. The third-order valence-electron chi connectivity index (χ3n) is 4.28. The molecule has 0 spiro atoms. The van der Waals surface area contributed by atoms with Crippen LogP contribution in [0, 0.1) is 11.6 Å². The SMILES string of the molecule is N/C(=C\C(=Nc1ccccc1Cl)c1ccc(C(=O)Nc2cc(F)cc(F)c2)cc1)C(F)(F)F.